The van der Waals surface area contributed by atoms with E-state index in [1.807, 2.05) is 0 Å². The summed E-state index contributed by atoms with van der Waals surface area (Å²) in [5.74, 6) is -0.472. The third-order valence-corrected chi connectivity index (χ3v) is 2.74. The van der Waals surface area contributed by atoms with Crippen LogP contribution in [0.1, 0.15) is 0 Å². The Bertz CT molecular complexity index is 454. The van der Waals surface area contributed by atoms with Crippen LogP contribution in [0.15, 0.2) is 28.7 Å². The standard InChI is InChI=1S/C12H13BrF3NO3/c13-9-2-1-3-10(6-9)20-7-11(19)17(4-5-18)8-12(14,15)16/h1-3,6,18H,4-5,7-8H2. The van der Waals surface area contributed by atoms with Gasteiger partial charge in [0.05, 0.1) is 6.61 Å². The minimum absolute atomic E-state index is 0.365. The van der Waals surface area contributed by atoms with Crippen molar-refractivity contribution in [1.29, 1.82) is 0 Å². The lowest BCUT2D eigenvalue weighted by Crippen LogP contribution is -2.42. The molecular formula is C12H13BrF3NO3. The smallest absolute Gasteiger partial charge is 0.406 e. The fourth-order valence-corrected chi connectivity index (χ4v) is 1.80. The first-order chi connectivity index (χ1) is 9.31. The van der Waals surface area contributed by atoms with Crippen LogP contribution in [-0.2, 0) is 4.79 Å². The fourth-order valence-electron chi connectivity index (χ4n) is 1.42. The van der Waals surface area contributed by atoms with E-state index in [1.165, 1.54) is 0 Å². The lowest BCUT2D eigenvalue weighted by molar-refractivity contribution is -0.163. The first kappa shape index (κ1) is 16.8. The number of amides is 1. The molecule has 0 bridgehead atoms. The molecule has 0 atom stereocenters. The Kier molecular flexibility index (Phi) is 6.28. The normalized spacial score (nSPS) is 11.2. The summed E-state index contributed by atoms with van der Waals surface area (Å²) >= 11 is 3.21. The maximum atomic E-state index is 12.3. The van der Waals surface area contributed by atoms with Gasteiger partial charge < -0.3 is 14.7 Å². The summed E-state index contributed by atoms with van der Waals surface area (Å²) < 4.78 is 42.7. The molecule has 112 valence electrons. The number of hydrogen-bond donors (Lipinski definition) is 1. The molecule has 0 aliphatic heterocycles. The topological polar surface area (TPSA) is 49.8 Å². The minimum Gasteiger partial charge on any atom is -0.484 e. The van der Waals surface area contributed by atoms with Crippen molar-refractivity contribution in [2.75, 3.05) is 26.3 Å². The molecule has 4 nitrogen and oxygen atoms in total. The number of nitrogens with zero attached hydrogens (tertiary/aromatic N) is 1. The Morgan fingerprint density at radius 1 is 1.40 bits per heavy atom. The molecule has 0 saturated heterocycles. The van der Waals surface area contributed by atoms with Gasteiger partial charge in [-0.1, -0.05) is 22.0 Å². The largest absolute Gasteiger partial charge is 0.484 e. The van der Waals surface area contributed by atoms with E-state index in [0.29, 0.717) is 10.6 Å². The Hall–Kier alpha value is -1.28. The SMILES string of the molecule is O=C(COc1cccc(Br)c1)N(CCO)CC(F)(F)F. The number of aliphatic hydroxyl groups excluding tert-OH is 1. The lowest BCUT2D eigenvalue weighted by atomic mass is 10.3. The van der Waals surface area contributed by atoms with Crippen LogP contribution in [0.3, 0.4) is 0 Å². The first-order valence-corrected chi connectivity index (χ1v) is 6.45. The van der Waals surface area contributed by atoms with E-state index in [-0.39, 0.29) is 6.54 Å². The van der Waals surface area contributed by atoms with Gasteiger partial charge in [-0.15, -0.1) is 0 Å². The first-order valence-electron chi connectivity index (χ1n) is 5.65. The van der Waals surface area contributed by atoms with Crippen LogP contribution in [0, 0.1) is 0 Å². The highest BCUT2D eigenvalue weighted by Gasteiger charge is 2.32. The molecule has 8 heteroatoms. The molecule has 0 aromatic heterocycles. The molecule has 20 heavy (non-hydrogen) atoms. The van der Waals surface area contributed by atoms with Crippen molar-refractivity contribution in [3.63, 3.8) is 0 Å². The number of benzene rings is 1. The van der Waals surface area contributed by atoms with Crippen molar-refractivity contribution >= 4 is 21.8 Å². The third-order valence-electron chi connectivity index (χ3n) is 2.25. The number of halogens is 4. The second kappa shape index (κ2) is 7.49. The summed E-state index contributed by atoms with van der Waals surface area (Å²) in [5.41, 5.74) is 0. The number of ether oxygens (including phenoxy) is 1. The van der Waals surface area contributed by atoms with Gasteiger partial charge in [-0.3, -0.25) is 4.79 Å². The molecule has 1 N–H and O–H groups in total. The van der Waals surface area contributed by atoms with Gasteiger partial charge in [-0.2, -0.15) is 13.2 Å². The fraction of sp³-hybridized carbons (Fsp3) is 0.417. The predicted octanol–water partition coefficient (Wildman–Crippen LogP) is 2.21. The van der Waals surface area contributed by atoms with Crippen LogP contribution in [-0.4, -0.2) is 48.4 Å². The van der Waals surface area contributed by atoms with Gasteiger partial charge >= 0.3 is 6.18 Å². The van der Waals surface area contributed by atoms with Crippen molar-refractivity contribution in [3.05, 3.63) is 28.7 Å². The molecule has 1 aromatic rings. The lowest BCUT2D eigenvalue weighted by Gasteiger charge is -2.23. The highest BCUT2D eigenvalue weighted by molar-refractivity contribution is 9.10. The van der Waals surface area contributed by atoms with Crippen LogP contribution < -0.4 is 4.74 Å². The summed E-state index contributed by atoms with van der Waals surface area (Å²) in [5, 5.41) is 8.70. The average Bonchev–Trinajstić information content (AvgIpc) is 2.34. The van der Waals surface area contributed by atoms with Crippen LogP contribution in [0.25, 0.3) is 0 Å². The second-order valence-corrected chi connectivity index (χ2v) is 4.82. The van der Waals surface area contributed by atoms with Gasteiger partial charge in [0.25, 0.3) is 5.91 Å². The van der Waals surface area contributed by atoms with Gasteiger partial charge in [0.15, 0.2) is 6.61 Å². The van der Waals surface area contributed by atoms with Gasteiger partial charge in [-0.05, 0) is 18.2 Å². The van der Waals surface area contributed by atoms with E-state index in [4.69, 9.17) is 9.84 Å². The van der Waals surface area contributed by atoms with E-state index in [1.54, 1.807) is 24.3 Å². The van der Waals surface area contributed by atoms with Crippen molar-refractivity contribution in [2.45, 2.75) is 6.18 Å². The molecule has 1 amide bonds. The predicted molar refractivity (Wildman–Crippen MR) is 69.4 cm³/mol. The number of hydrogen-bond acceptors (Lipinski definition) is 3. The van der Waals surface area contributed by atoms with Crippen molar-refractivity contribution in [2.24, 2.45) is 0 Å². The number of carbonyl (C=O) groups is 1. The molecule has 0 aliphatic carbocycles. The van der Waals surface area contributed by atoms with Gasteiger partial charge in [0, 0.05) is 11.0 Å². The molecule has 0 radical (unpaired) electrons. The quantitative estimate of drug-likeness (QED) is 0.851. The molecule has 0 unspecified atom stereocenters. The molecule has 1 rings (SSSR count). The molecule has 1 aromatic carbocycles. The highest BCUT2D eigenvalue weighted by atomic mass is 79.9. The van der Waals surface area contributed by atoms with E-state index in [2.05, 4.69) is 15.9 Å². The number of aliphatic hydroxyl groups is 1. The van der Waals surface area contributed by atoms with E-state index in [0.717, 1.165) is 4.47 Å². The monoisotopic (exact) mass is 355 g/mol. The van der Waals surface area contributed by atoms with E-state index < -0.39 is 31.8 Å². The van der Waals surface area contributed by atoms with E-state index in [9.17, 15) is 18.0 Å². The maximum absolute atomic E-state index is 12.3. The Morgan fingerprint density at radius 3 is 2.65 bits per heavy atom. The molecular weight excluding hydrogens is 343 g/mol. The summed E-state index contributed by atoms with van der Waals surface area (Å²) in [6.07, 6.45) is -4.51. The van der Waals surface area contributed by atoms with Crippen molar-refractivity contribution in [3.8, 4) is 5.75 Å². The summed E-state index contributed by atoms with van der Waals surface area (Å²) in [7, 11) is 0. The van der Waals surface area contributed by atoms with E-state index >= 15 is 0 Å². The summed E-state index contributed by atoms with van der Waals surface area (Å²) in [6, 6.07) is 6.59. The molecule has 0 heterocycles. The molecule has 0 aliphatic rings. The van der Waals surface area contributed by atoms with Crippen LogP contribution >= 0.6 is 15.9 Å². The van der Waals surface area contributed by atoms with Crippen LogP contribution in [0.4, 0.5) is 13.2 Å². The molecule has 0 fully saturated rings. The zero-order valence-corrected chi connectivity index (χ0v) is 11.9. The Labute approximate surface area is 122 Å². The van der Waals surface area contributed by atoms with Gasteiger partial charge in [-0.25, -0.2) is 0 Å². The minimum atomic E-state index is -4.51. The Balaban J connectivity index is 2.58. The number of carbonyl (C=O) groups excluding carboxylic acids is 1. The number of alkyl halides is 3. The van der Waals surface area contributed by atoms with Crippen LogP contribution in [0.5, 0.6) is 5.75 Å². The zero-order chi connectivity index (χ0) is 15.2. The van der Waals surface area contributed by atoms with Crippen molar-refractivity contribution in [1.82, 2.24) is 4.90 Å². The van der Waals surface area contributed by atoms with Crippen LogP contribution in [0.2, 0.25) is 0 Å². The zero-order valence-electron chi connectivity index (χ0n) is 10.4. The van der Waals surface area contributed by atoms with Gasteiger partial charge in [0.1, 0.15) is 12.3 Å². The van der Waals surface area contributed by atoms with Gasteiger partial charge in [0.2, 0.25) is 0 Å². The second-order valence-electron chi connectivity index (χ2n) is 3.90. The summed E-state index contributed by atoms with van der Waals surface area (Å²) in [4.78, 5) is 12.2. The maximum Gasteiger partial charge on any atom is 0.406 e. The highest BCUT2D eigenvalue weighted by Crippen LogP contribution is 2.19. The third kappa shape index (κ3) is 6.25. The number of rotatable bonds is 6. The summed E-state index contributed by atoms with van der Waals surface area (Å²) in [6.45, 7) is -2.86. The average molecular weight is 356 g/mol. The van der Waals surface area contributed by atoms with Crippen molar-refractivity contribution < 1.29 is 27.8 Å². The molecule has 0 spiro atoms. The Morgan fingerprint density at radius 2 is 2.10 bits per heavy atom. The molecule has 0 saturated carbocycles.